The first kappa shape index (κ1) is 14.8. The third kappa shape index (κ3) is 3.11. The molecule has 0 aliphatic heterocycles. The molecule has 0 heterocycles. The van der Waals surface area contributed by atoms with Gasteiger partial charge in [-0.1, -0.05) is 29.8 Å². The number of nitrogens with zero attached hydrogens (tertiary/aromatic N) is 1. The molecule has 0 spiro atoms. The molecule has 0 aromatic heterocycles. The van der Waals surface area contributed by atoms with Gasteiger partial charge in [0.15, 0.2) is 5.78 Å². The first-order valence-electron chi connectivity index (χ1n) is 6.56. The van der Waals surface area contributed by atoms with Crippen molar-refractivity contribution in [3.63, 3.8) is 0 Å². The van der Waals surface area contributed by atoms with Crippen molar-refractivity contribution in [1.29, 1.82) is 0 Å². The van der Waals surface area contributed by atoms with Gasteiger partial charge in [-0.3, -0.25) is 4.79 Å². The minimum Gasteiger partial charge on any atom is -0.478 e. The van der Waals surface area contributed by atoms with Crippen LogP contribution in [0, 0.1) is 6.92 Å². The van der Waals surface area contributed by atoms with E-state index >= 15 is 0 Å². The molecule has 21 heavy (non-hydrogen) atoms. The van der Waals surface area contributed by atoms with Gasteiger partial charge in [-0.25, -0.2) is 4.79 Å². The Morgan fingerprint density at radius 1 is 0.952 bits per heavy atom. The van der Waals surface area contributed by atoms with Crippen LogP contribution < -0.4 is 4.90 Å². The van der Waals surface area contributed by atoms with Crippen LogP contribution in [0.25, 0.3) is 0 Å². The Balaban J connectivity index is 2.50. The lowest BCUT2D eigenvalue weighted by Gasteiger charge is -2.14. The molecule has 2 rings (SSSR count). The zero-order valence-corrected chi connectivity index (χ0v) is 12.3. The van der Waals surface area contributed by atoms with Crippen LogP contribution in [0.15, 0.2) is 42.5 Å². The van der Waals surface area contributed by atoms with Gasteiger partial charge in [-0.15, -0.1) is 0 Å². The molecule has 0 atom stereocenters. The number of aromatic carboxylic acids is 1. The molecule has 0 amide bonds. The average molecular weight is 283 g/mol. The zero-order chi connectivity index (χ0) is 15.6. The number of rotatable bonds is 4. The molecule has 2 aromatic rings. The Labute approximate surface area is 123 Å². The molecule has 0 unspecified atom stereocenters. The van der Waals surface area contributed by atoms with E-state index in [4.69, 9.17) is 0 Å². The normalized spacial score (nSPS) is 10.2. The molecule has 4 heteroatoms. The first-order valence-corrected chi connectivity index (χ1v) is 6.56. The molecule has 4 nitrogen and oxygen atoms in total. The molecule has 0 aliphatic carbocycles. The van der Waals surface area contributed by atoms with E-state index in [-0.39, 0.29) is 16.9 Å². The van der Waals surface area contributed by atoms with Crippen molar-refractivity contribution in [3.05, 3.63) is 64.7 Å². The summed E-state index contributed by atoms with van der Waals surface area (Å²) in [7, 11) is 3.64. The van der Waals surface area contributed by atoms with Gasteiger partial charge in [0.2, 0.25) is 0 Å². The van der Waals surface area contributed by atoms with E-state index in [9.17, 15) is 14.7 Å². The van der Waals surface area contributed by atoms with Crippen molar-refractivity contribution in [2.45, 2.75) is 6.92 Å². The predicted octanol–water partition coefficient (Wildman–Crippen LogP) is 2.99. The SMILES string of the molecule is Cc1ccc(C(=O)c2ccc(N(C)C)cc2C(=O)O)cc1. The summed E-state index contributed by atoms with van der Waals surface area (Å²) < 4.78 is 0. The molecular weight excluding hydrogens is 266 g/mol. The van der Waals surface area contributed by atoms with Crippen molar-refractivity contribution in [2.24, 2.45) is 0 Å². The van der Waals surface area contributed by atoms with Crippen LogP contribution in [0.1, 0.15) is 31.8 Å². The standard InChI is InChI=1S/C17H17NO3/c1-11-4-6-12(7-5-11)16(19)14-9-8-13(18(2)3)10-15(14)17(20)21/h4-10H,1-3H3,(H,20,21). The summed E-state index contributed by atoms with van der Waals surface area (Å²) in [5.74, 6) is -1.38. The van der Waals surface area contributed by atoms with Crippen molar-refractivity contribution < 1.29 is 14.7 Å². The average Bonchev–Trinajstić information content (AvgIpc) is 2.46. The van der Waals surface area contributed by atoms with Crippen molar-refractivity contribution >= 4 is 17.4 Å². The van der Waals surface area contributed by atoms with E-state index < -0.39 is 5.97 Å². The maximum Gasteiger partial charge on any atom is 0.336 e. The van der Waals surface area contributed by atoms with Gasteiger partial charge < -0.3 is 10.0 Å². The van der Waals surface area contributed by atoms with E-state index in [0.717, 1.165) is 11.3 Å². The van der Waals surface area contributed by atoms with Crippen LogP contribution >= 0.6 is 0 Å². The summed E-state index contributed by atoms with van der Waals surface area (Å²) in [6, 6.07) is 11.9. The Hall–Kier alpha value is -2.62. The highest BCUT2D eigenvalue weighted by molar-refractivity contribution is 6.14. The van der Waals surface area contributed by atoms with Crippen molar-refractivity contribution in [1.82, 2.24) is 0 Å². The summed E-state index contributed by atoms with van der Waals surface area (Å²) in [4.78, 5) is 25.7. The summed E-state index contributed by atoms with van der Waals surface area (Å²) in [6.45, 7) is 1.93. The van der Waals surface area contributed by atoms with Gasteiger partial charge in [-0.2, -0.15) is 0 Å². The monoisotopic (exact) mass is 283 g/mol. The Morgan fingerprint density at radius 3 is 2.10 bits per heavy atom. The highest BCUT2D eigenvalue weighted by Crippen LogP contribution is 2.21. The summed E-state index contributed by atoms with van der Waals surface area (Å²) >= 11 is 0. The quantitative estimate of drug-likeness (QED) is 0.876. The second kappa shape index (κ2) is 5.79. The van der Waals surface area contributed by atoms with Gasteiger partial charge in [0, 0.05) is 30.9 Å². The minimum absolute atomic E-state index is 0.0202. The third-order valence-corrected chi connectivity index (χ3v) is 3.31. The minimum atomic E-state index is -1.10. The lowest BCUT2D eigenvalue weighted by Crippen LogP contribution is -2.14. The van der Waals surface area contributed by atoms with E-state index in [1.807, 2.05) is 33.2 Å². The fourth-order valence-electron chi connectivity index (χ4n) is 2.05. The number of hydrogen-bond acceptors (Lipinski definition) is 3. The highest BCUT2D eigenvalue weighted by Gasteiger charge is 2.18. The van der Waals surface area contributed by atoms with Crippen LogP contribution in [-0.4, -0.2) is 31.0 Å². The molecular formula is C17H17NO3. The predicted molar refractivity (Wildman–Crippen MR) is 82.3 cm³/mol. The summed E-state index contributed by atoms with van der Waals surface area (Å²) in [5, 5.41) is 9.34. The number of benzene rings is 2. The third-order valence-electron chi connectivity index (χ3n) is 3.31. The second-order valence-corrected chi connectivity index (χ2v) is 5.12. The number of ketones is 1. The highest BCUT2D eigenvalue weighted by atomic mass is 16.4. The number of aryl methyl sites for hydroxylation is 1. The van der Waals surface area contributed by atoms with Crippen LogP contribution in [-0.2, 0) is 0 Å². The maximum atomic E-state index is 12.5. The van der Waals surface area contributed by atoms with E-state index in [2.05, 4.69) is 0 Å². The first-order chi connectivity index (χ1) is 9.90. The van der Waals surface area contributed by atoms with Gasteiger partial charge in [0.25, 0.3) is 0 Å². The van der Waals surface area contributed by atoms with Gasteiger partial charge >= 0.3 is 5.97 Å². The number of carboxylic acid groups (broad SMARTS) is 1. The molecule has 0 radical (unpaired) electrons. The zero-order valence-electron chi connectivity index (χ0n) is 12.3. The molecule has 0 saturated carbocycles. The van der Waals surface area contributed by atoms with Crippen LogP contribution in [0.4, 0.5) is 5.69 Å². The Morgan fingerprint density at radius 2 is 1.57 bits per heavy atom. The molecule has 0 aliphatic rings. The Kier molecular flexibility index (Phi) is 4.08. The van der Waals surface area contributed by atoms with E-state index in [1.165, 1.54) is 6.07 Å². The fourth-order valence-corrected chi connectivity index (χ4v) is 2.05. The second-order valence-electron chi connectivity index (χ2n) is 5.12. The van der Waals surface area contributed by atoms with Gasteiger partial charge in [0.1, 0.15) is 0 Å². The number of anilines is 1. The van der Waals surface area contributed by atoms with E-state index in [1.54, 1.807) is 29.2 Å². The summed E-state index contributed by atoms with van der Waals surface area (Å²) in [5.41, 5.74) is 2.50. The molecule has 0 bridgehead atoms. The lowest BCUT2D eigenvalue weighted by atomic mass is 9.97. The molecule has 2 aromatic carbocycles. The van der Waals surface area contributed by atoms with Crippen molar-refractivity contribution in [2.75, 3.05) is 19.0 Å². The number of carbonyl (C=O) groups excluding carboxylic acids is 1. The molecule has 0 fully saturated rings. The molecule has 0 saturated heterocycles. The van der Waals surface area contributed by atoms with Crippen LogP contribution in [0.3, 0.4) is 0 Å². The van der Waals surface area contributed by atoms with E-state index in [0.29, 0.717) is 5.56 Å². The van der Waals surface area contributed by atoms with Gasteiger partial charge in [-0.05, 0) is 25.1 Å². The topological polar surface area (TPSA) is 57.6 Å². The summed E-state index contributed by atoms with van der Waals surface area (Å²) in [6.07, 6.45) is 0. The van der Waals surface area contributed by atoms with Crippen molar-refractivity contribution in [3.8, 4) is 0 Å². The largest absolute Gasteiger partial charge is 0.478 e. The maximum absolute atomic E-state index is 12.5. The molecule has 1 N–H and O–H groups in total. The number of carboxylic acids is 1. The number of hydrogen-bond donors (Lipinski definition) is 1. The number of carbonyl (C=O) groups is 2. The van der Waals surface area contributed by atoms with Crippen LogP contribution in [0.2, 0.25) is 0 Å². The smallest absolute Gasteiger partial charge is 0.336 e. The lowest BCUT2D eigenvalue weighted by molar-refractivity contribution is 0.0693. The Bertz CT molecular complexity index is 688. The van der Waals surface area contributed by atoms with Gasteiger partial charge in [0.05, 0.1) is 5.56 Å². The van der Waals surface area contributed by atoms with Crippen LogP contribution in [0.5, 0.6) is 0 Å². The fraction of sp³-hybridized carbons (Fsp3) is 0.176. The molecule has 108 valence electrons.